The molecular formula is C20H27ClN4S2. The number of thiocarbonyl (C=S) groups is 1. The van der Waals surface area contributed by atoms with E-state index in [-0.39, 0.29) is 0 Å². The Morgan fingerprint density at radius 1 is 1.19 bits per heavy atom. The Balaban J connectivity index is 1.56. The van der Waals surface area contributed by atoms with Crippen LogP contribution in [0.4, 0.5) is 5.69 Å². The standard InChI is InChI=1S/C20H27ClN4S2/c1-23-11-13-24(14-12-23)9-5-10-25(16-17-6-4-15-27-17)20(26)22-19-8-3-2-7-18(19)21/h2-4,6-8,15H,5,9-14,16H2,1H3,(H,22,26). The van der Waals surface area contributed by atoms with Gasteiger partial charge in [0.15, 0.2) is 5.11 Å². The molecule has 146 valence electrons. The molecule has 4 nitrogen and oxygen atoms in total. The van der Waals surface area contributed by atoms with Gasteiger partial charge in [-0.1, -0.05) is 29.8 Å². The molecule has 1 aromatic carbocycles. The van der Waals surface area contributed by atoms with Crippen LogP contribution in [0.2, 0.25) is 5.02 Å². The van der Waals surface area contributed by atoms with Crippen LogP contribution in [0.15, 0.2) is 41.8 Å². The monoisotopic (exact) mass is 422 g/mol. The minimum Gasteiger partial charge on any atom is -0.344 e. The van der Waals surface area contributed by atoms with Crippen molar-refractivity contribution in [1.82, 2.24) is 14.7 Å². The van der Waals surface area contributed by atoms with Gasteiger partial charge in [-0.15, -0.1) is 11.3 Å². The average Bonchev–Trinajstić information content (AvgIpc) is 3.17. The van der Waals surface area contributed by atoms with E-state index in [1.54, 1.807) is 11.3 Å². The minimum absolute atomic E-state index is 0.688. The molecule has 1 saturated heterocycles. The largest absolute Gasteiger partial charge is 0.344 e. The van der Waals surface area contributed by atoms with Crippen molar-refractivity contribution in [3.8, 4) is 0 Å². The number of likely N-dealkylation sites (N-methyl/N-ethyl adjacent to an activating group) is 1. The van der Waals surface area contributed by atoms with Crippen LogP contribution in [0.5, 0.6) is 0 Å². The second-order valence-electron chi connectivity index (χ2n) is 6.91. The highest BCUT2D eigenvalue weighted by atomic mass is 35.5. The van der Waals surface area contributed by atoms with E-state index < -0.39 is 0 Å². The van der Waals surface area contributed by atoms with Crippen molar-refractivity contribution >= 4 is 46.0 Å². The van der Waals surface area contributed by atoms with E-state index in [9.17, 15) is 0 Å². The average molecular weight is 423 g/mol. The van der Waals surface area contributed by atoms with Gasteiger partial charge in [-0.2, -0.15) is 0 Å². The molecule has 0 radical (unpaired) electrons. The molecule has 0 bridgehead atoms. The van der Waals surface area contributed by atoms with Crippen LogP contribution >= 0.6 is 35.2 Å². The normalized spacial score (nSPS) is 15.6. The number of anilines is 1. The number of benzene rings is 1. The van der Waals surface area contributed by atoms with Gasteiger partial charge >= 0.3 is 0 Å². The number of para-hydroxylation sites is 1. The first-order chi connectivity index (χ1) is 13.1. The van der Waals surface area contributed by atoms with Crippen LogP contribution in [0.1, 0.15) is 11.3 Å². The molecule has 2 aromatic rings. The van der Waals surface area contributed by atoms with Gasteiger partial charge in [0.25, 0.3) is 0 Å². The Bertz CT molecular complexity index is 715. The van der Waals surface area contributed by atoms with Gasteiger partial charge < -0.3 is 20.0 Å². The van der Waals surface area contributed by atoms with Crippen LogP contribution in [0, 0.1) is 0 Å². The van der Waals surface area contributed by atoms with Crippen molar-refractivity contribution in [1.29, 1.82) is 0 Å². The summed E-state index contributed by atoms with van der Waals surface area (Å²) in [5, 5.41) is 6.86. The number of halogens is 1. The molecule has 1 fully saturated rings. The van der Waals surface area contributed by atoms with Crippen molar-refractivity contribution in [3.05, 3.63) is 51.7 Å². The fourth-order valence-corrected chi connectivity index (χ4v) is 4.32. The fraction of sp³-hybridized carbons (Fsp3) is 0.450. The lowest BCUT2D eigenvalue weighted by atomic mass is 10.3. The highest BCUT2D eigenvalue weighted by Crippen LogP contribution is 2.22. The first-order valence-corrected chi connectivity index (χ1v) is 11.0. The zero-order valence-electron chi connectivity index (χ0n) is 15.7. The van der Waals surface area contributed by atoms with Crippen molar-refractivity contribution in [2.45, 2.75) is 13.0 Å². The van der Waals surface area contributed by atoms with Crippen molar-refractivity contribution in [2.75, 3.05) is 51.6 Å². The summed E-state index contributed by atoms with van der Waals surface area (Å²) in [5.74, 6) is 0. The smallest absolute Gasteiger partial charge is 0.173 e. The topological polar surface area (TPSA) is 21.8 Å². The Labute approximate surface area is 176 Å². The van der Waals surface area contributed by atoms with Gasteiger partial charge in [-0.25, -0.2) is 0 Å². The molecule has 1 aromatic heterocycles. The molecule has 1 N–H and O–H groups in total. The summed E-state index contributed by atoms with van der Waals surface area (Å²) in [6.07, 6.45) is 1.10. The first-order valence-electron chi connectivity index (χ1n) is 9.35. The third-order valence-electron chi connectivity index (χ3n) is 4.83. The van der Waals surface area contributed by atoms with E-state index in [0.717, 1.165) is 63.0 Å². The van der Waals surface area contributed by atoms with Crippen LogP contribution < -0.4 is 5.32 Å². The highest BCUT2D eigenvalue weighted by Gasteiger charge is 2.16. The van der Waals surface area contributed by atoms with E-state index in [1.165, 1.54) is 4.88 Å². The zero-order chi connectivity index (χ0) is 19.1. The Hall–Kier alpha value is -1.18. The van der Waals surface area contributed by atoms with E-state index in [0.29, 0.717) is 5.02 Å². The predicted molar refractivity (Wildman–Crippen MR) is 121 cm³/mol. The number of thiophene rings is 1. The van der Waals surface area contributed by atoms with Gasteiger partial charge in [-0.05, 0) is 55.8 Å². The van der Waals surface area contributed by atoms with E-state index in [2.05, 4.69) is 44.6 Å². The number of rotatable bonds is 7. The molecule has 0 spiro atoms. The summed E-state index contributed by atoms with van der Waals surface area (Å²) in [4.78, 5) is 8.51. The SMILES string of the molecule is CN1CCN(CCCN(Cc2cccs2)C(=S)Nc2ccccc2Cl)CC1. The van der Waals surface area contributed by atoms with Crippen molar-refractivity contribution in [2.24, 2.45) is 0 Å². The van der Waals surface area contributed by atoms with Crippen LogP contribution in [-0.2, 0) is 6.54 Å². The maximum absolute atomic E-state index is 6.28. The highest BCUT2D eigenvalue weighted by molar-refractivity contribution is 7.80. The van der Waals surface area contributed by atoms with Crippen molar-refractivity contribution in [3.63, 3.8) is 0 Å². The second-order valence-corrected chi connectivity index (χ2v) is 8.74. The molecular weight excluding hydrogens is 396 g/mol. The van der Waals surface area contributed by atoms with Gasteiger partial charge in [0, 0.05) is 37.6 Å². The zero-order valence-corrected chi connectivity index (χ0v) is 18.1. The van der Waals surface area contributed by atoms with E-state index in [1.807, 2.05) is 24.3 Å². The second kappa shape index (κ2) is 10.4. The van der Waals surface area contributed by atoms with Gasteiger partial charge in [0.05, 0.1) is 17.3 Å². The van der Waals surface area contributed by atoms with Gasteiger partial charge in [0.2, 0.25) is 0 Å². The number of hydrogen-bond donors (Lipinski definition) is 1. The molecule has 0 unspecified atom stereocenters. The number of piperazine rings is 1. The summed E-state index contributed by atoms with van der Waals surface area (Å²) in [6, 6.07) is 12.0. The molecule has 3 rings (SSSR count). The summed E-state index contributed by atoms with van der Waals surface area (Å²) >= 11 is 13.8. The lowest BCUT2D eigenvalue weighted by Crippen LogP contribution is -2.45. The third-order valence-corrected chi connectivity index (χ3v) is 6.38. The van der Waals surface area contributed by atoms with Crippen LogP contribution in [0.25, 0.3) is 0 Å². The number of hydrogen-bond acceptors (Lipinski definition) is 4. The molecule has 1 aliphatic rings. The molecule has 0 atom stereocenters. The van der Waals surface area contributed by atoms with Gasteiger partial charge in [-0.3, -0.25) is 0 Å². The molecule has 7 heteroatoms. The number of nitrogens with zero attached hydrogens (tertiary/aromatic N) is 3. The molecule has 0 saturated carbocycles. The summed E-state index contributed by atoms with van der Waals surface area (Å²) in [6.45, 7) is 7.50. The lowest BCUT2D eigenvalue weighted by Gasteiger charge is -2.33. The molecule has 1 aliphatic heterocycles. The molecule has 0 aliphatic carbocycles. The quantitative estimate of drug-likeness (QED) is 0.672. The van der Waals surface area contributed by atoms with Crippen LogP contribution in [-0.4, -0.2) is 66.1 Å². The molecule has 0 amide bonds. The third kappa shape index (κ3) is 6.43. The first kappa shape index (κ1) is 20.6. The summed E-state index contributed by atoms with van der Waals surface area (Å²) in [5.41, 5.74) is 0.861. The fourth-order valence-electron chi connectivity index (χ4n) is 3.16. The Morgan fingerprint density at radius 2 is 1.96 bits per heavy atom. The maximum atomic E-state index is 6.28. The molecule has 2 heterocycles. The maximum Gasteiger partial charge on any atom is 0.173 e. The van der Waals surface area contributed by atoms with Crippen molar-refractivity contribution < 1.29 is 0 Å². The minimum atomic E-state index is 0.688. The number of nitrogens with one attached hydrogen (secondary N) is 1. The van der Waals surface area contributed by atoms with E-state index in [4.69, 9.17) is 23.8 Å². The molecule has 27 heavy (non-hydrogen) atoms. The van der Waals surface area contributed by atoms with E-state index >= 15 is 0 Å². The summed E-state index contributed by atoms with van der Waals surface area (Å²) < 4.78 is 0. The Kier molecular flexibility index (Phi) is 7.91. The predicted octanol–water partition coefficient (Wildman–Crippen LogP) is 4.24. The van der Waals surface area contributed by atoms with Crippen LogP contribution in [0.3, 0.4) is 0 Å². The Morgan fingerprint density at radius 3 is 2.67 bits per heavy atom. The lowest BCUT2D eigenvalue weighted by molar-refractivity contribution is 0.150. The summed E-state index contributed by atoms with van der Waals surface area (Å²) in [7, 11) is 2.19. The van der Waals surface area contributed by atoms with Gasteiger partial charge in [0.1, 0.15) is 0 Å².